The van der Waals surface area contributed by atoms with Gasteiger partial charge in [0.1, 0.15) is 16.3 Å². The molecule has 8 nitrogen and oxygen atoms in total. The molecule has 2 aromatic rings. The lowest BCUT2D eigenvalue weighted by Gasteiger charge is -2.16. The van der Waals surface area contributed by atoms with Gasteiger partial charge < -0.3 is 14.4 Å². The van der Waals surface area contributed by atoms with Crippen molar-refractivity contribution in [1.82, 2.24) is 19.8 Å². The van der Waals surface area contributed by atoms with Crippen LogP contribution in [0.4, 0.5) is 0 Å². The van der Waals surface area contributed by atoms with Gasteiger partial charge in [0.15, 0.2) is 0 Å². The average molecular weight is 380 g/mol. The maximum atomic E-state index is 12.8. The lowest BCUT2D eigenvalue weighted by molar-refractivity contribution is 0.0787. The number of aromatic amines is 1. The summed E-state index contributed by atoms with van der Waals surface area (Å²) in [6.45, 7) is 6.85. The van der Waals surface area contributed by atoms with Gasteiger partial charge in [0.25, 0.3) is 5.91 Å². The first-order valence-corrected chi connectivity index (χ1v) is 10.2. The Labute approximate surface area is 153 Å². The van der Waals surface area contributed by atoms with Gasteiger partial charge in [-0.25, -0.2) is 13.1 Å². The molecule has 3 rings (SSSR count). The molecule has 0 aliphatic carbocycles. The van der Waals surface area contributed by atoms with Gasteiger partial charge in [-0.1, -0.05) is 12.1 Å². The van der Waals surface area contributed by atoms with Crippen molar-refractivity contribution in [3.05, 3.63) is 35.0 Å². The van der Waals surface area contributed by atoms with Crippen molar-refractivity contribution in [2.45, 2.75) is 51.0 Å². The van der Waals surface area contributed by atoms with Gasteiger partial charge in [-0.05, 0) is 39.2 Å². The largest absolute Gasteiger partial charge is 0.361 e. The summed E-state index contributed by atoms with van der Waals surface area (Å²) in [6, 6.07) is 0.946. The predicted octanol–water partition coefficient (Wildman–Crippen LogP) is 2.29. The normalized spacial score (nSPS) is 16.2. The third-order valence-electron chi connectivity index (χ3n) is 4.73. The first-order chi connectivity index (χ1) is 12.3. The fourth-order valence-electron chi connectivity index (χ4n) is 3.33. The Kier molecular flexibility index (Phi) is 5.19. The molecule has 26 heavy (non-hydrogen) atoms. The summed E-state index contributed by atoms with van der Waals surface area (Å²) in [5.41, 5.74) is 1.70. The number of sulfonamides is 1. The van der Waals surface area contributed by atoms with Crippen LogP contribution in [0.3, 0.4) is 0 Å². The van der Waals surface area contributed by atoms with E-state index in [1.807, 2.05) is 6.92 Å². The number of hydrogen-bond donors (Lipinski definition) is 2. The first-order valence-electron chi connectivity index (χ1n) is 8.76. The molecule has 1 aliphatic rings. The van der Waals surface area contributed by atoms with Gasteiger partial charge in [-0.2, -0.15) is 0 Å². The number of amides is 1. The summed E-state index contributed by atoms with van der Waals surface area (Å²) in [6.07, 6.45) is 3.86. The molecule has 0 spiro atoms. The van der Waals surface area contributed by atoms with Crippen LogP contribution in [0.15, 0.2) is 21.7 Å². The Morgan fingerprint density at radius 2 is 2.08 bits per heavy atom. The lowest BCUT2D eigenvalue weighted by Crippen LogP contribution is -2.29. The van der Waals surface area contributed by atoms with Crippen molar-refractivity contribution >= 4 is 15.9 Å². The Morgan fingerprint density at radius 1 is 1.38 bits per heavy atom. The van der Waals surface area contributed by atoms with E-state index in [1.54, 1.807) is 18.7 Å². The van der Waals surface area contributed by atoms with E-state index in [0.717, 1.165) is 18.4 Å². The lowest BCUT2D eigenvalue weighted by atomic mass is 10.0. The molecule has 3 heterocycles. The first kappa shape index (κ1) is 18.7. The van der Waals surface area contributed by atoms with Crippen molar-refractivity contribution in [2.24, 2.45) is 0 Å². The number of aryl methyl sites for hydroxylation is 2. The molecular weight excluding hydrogens is 356 g/mol. The molecule has 1 unspecified atom stereocenters. The van der Waals surface area contributed by atoms with Gasteiger partial charge in [0, 0.05) is 24.8 Å². The molecule has 0 radical (unpaired) electrons. The number of nitrogens with one attached hydrogen (secondary N) is 2. The van der Waals surface area contributed by atoms with E-state index < -0.39 is 16.1 Å². The van der Waals surface area contributed by atoms with E-state index in [0.29, 0.717) is 31.0 Å². The quantitative estimate of drug-likeness (QED) is 0.799. The SMILES string of the molecule is CCC(NS(=O)(=O)c1c[nH]c(C(=O)N2CCCC2)c1)c1c(C)noc1C. The van der Waals surface area contributed by atoms with Crippen molar-refractivity contribution in [3.63, 3.8) is 0 Å². The Balaban J connectivity index is 1.81. The second-order valence-electron chi connectivity index (χ2n) is 6.57. The minimum Gasteiger partial charge on any atom is -0.361 e. The van der Waals surface area contributed by atoms with Crippen molar-refractivity contribution in [1.29, 1.82) is 0 Å². The Hall–Kier alpha value is -2.13. The third-order valence-corrected chi connectivity index (χ3v) is 6.18. The van der Waals surface area contributed by atoms with Gasteiger partial charge in [0.2, 0.25) is 10.0 Å². The maximum Gasteiger partial charge on any atom is 0.270 e. The number of likely N-dealkylation sites (tertiary alicyclic amines) is 1. The van der Waals surface area contributed by atoms with Crippen LogP contribution in [-0.4, -0.2) is 42.5 Å². The van der Waals surface area contributed by atoms with Crippen LogP contribution in [0, 0.1) is 13.8 Å². The molecule has 0 bridgehead atoms. The second kappa shape index (κ2) is 7.24. The highest BCUT2D eigenvalue weighted by molar-refractivity contribution is 7.89. The summed E-state index contributed by atoms with van der Waals surface area (Å²) in [5, 5.41) is 3.89. The molecule has 1 atom stereocenters. The van der Waals surface area contributed by atoms with Crippen LogP contribution in [0.25, 0.3) is 0 Å². The zero-order chi connectivity index (χ0) is 18.9. The highest BCUT2D eigenvalue weighted by Gasteiger charge is 2.27. The van der Waals surface area contributed by atoms with Crippen LogP contribution in [-0.2, 0) is 10.0 Å². The molecule has 0 saturated carbocycles. The van der Waals surface area contributed by atoms with Crippen LogP contribution in [0.5, 0.6) is 0 Å². The highest BCUT2D eigenvalue weighted by Crippen LogP contribution is 2.26. The van der Waals surface area contributed by atoms with E-state index in [9.17, 15) is 13.2 Å². The van der Waals surface area contributed by atoms with Crippen LogP contribution < -0.4 is 4.72 Å². The number of rotatable bonds is 6. The van der Waals surface area contributed by atoms with E-state index >= 15 is 0 Å². The summed E-state index contributed by atoms with van der Waals surface area (Å²) < 4.78 is 33.4. The maximum absolute atomic E-state index is 12.8. The number of carbonyl (C=O) groups excluding carboxylic acids is 1. The molecule has 1 fully saturated rings. The fourth-order valence-corrected chi connectivity index (χ4v) is 4.62. The summed E-state index contributed by atoms with van der Waals surface area (Å²) in [4.78, 5) is 17.0. The van der Waals surface area contributed by atoms with Gasteiger partial charge in [0.05, 0.1) is 11.7 Å². The molecular formula is C17H24N4O4S. The standard InChI is InChI=1S/C17H24N4O4S/c1-4-14(16-11(2)19-25-12(16)3)20-26(23,24)13-9-15(18-10-13)17(22)21-7-5-6-8-21/h9-10,14,18,20H,4-8H2,1-3H3. The minimum atomic E-state index is -3.79. The van der Waals surface area contributed by atoms with Gasteiger partial charge >= 0.3 is 0 Å². The molecule has 1 saturated heterocycles. The zero-order valence-corrected chi connectivity index (χ0v) is 16.0. The fraction of sp³-hybridized carbons (Fsp3) is 0.529. The predicted molar refractivity (Wildman–Crippen MR) is 95.3 cm³/mol. The monoisotopic (exact) mass is 380 g/mol. The minimum absolute atomic E-state index is 0.0465. The topological polar surface area (TPSA) is 108 Å². The smallest absolute Gasteiger partial charge is 0.270 e. The van der Waals surface area contributed by atoms with Crippen molar-refractivity contribution in [2.75, 3.05) is 13.1 Å². The summed E-state index contributed by atoms with van der Waals surface area (Å²) >= 11 is 0. The molecule has 2 aromatic heterocycles. The van der Waals surface area contributed by atoms with E-state index in [2.05, 4.69) is 14.9 Å². The van der Waals surface area contributed by atoms with Crippen LogP contribution in [0.1, 0.15) is 59.7 Å². The molecule has 1 amide bonds. The highest BCUT2D eigenvalue weighted by atomic mass is 32.2. The van der Waals surface area contributed by atoms with Gasteiger partial charge in [-0.15, -0.1) is 0 Å². The number of aromatic nitrogens is 2. The molecule has 2 N–H and O–H groups in total. The average Bonchev–Trinajstić information content (AvgIpc) is 3.34. The van der Waals surface area contributed by atoms with Crippen LogP contribution in [0.2, 0.25) is 0 Å². The van der Waals surface area contributed by atoms with Crippen LogP contribution >= 0.6 is 0 Å². The van der Waals surface area contributed by atoms with E-state index in [4.69, 9.17) is 4.52 Å². The number of carbonyl (C=O) groups is 1. The van der Waals surface area contributed by atoms with Gasteiger partial charge in [-0.3, -0.25) is 4.79 Å². The third kappa shape index (κ3) is 3.54. The molecule has 142 valence electrons. The molecule has 0 aromatic carbocycles. The van der Waals surface area contributed by atoms with E-state index in [-0.39, 0.29) is 16.5 Å². The summed E-state index contributed by atoms with van der Waals surface area (Å²) in [7, 11) is -3.79. The molecule has 9 heteroatoms. The Bertz CT molecular complexity index is 874. The number of hydrogen-bond acceptors (Lipinski definition) is 5. The second-order valence-corrected chi connectivity index (χ2v) is 8.28. The summed E-state index contributed by atoms with van der Waals surface area (Å²) in [5.74, 6) is 0.428. The molecule has 1 aliphatic heterocycles. The number of H-pyrrole nitrogens is 1. The Morgan fingerprint density at radius 3 is 2.65 bits per heavy atom. The van der Waals surface area contributed by atoms with E-state index in [1.165, 1.54) is 12.3 Å². The van der Waals surface area contributed by atoms with Crippen molar-refractivity contribution < 1.29 is 17.7 Å². The number of nitrogens with zero attached hydrogens (tertiary/aromatic N) is 2. The van der Waals surface area contributed by atoms with Crippen molar-refractivity contribution in [3.8, 4) is 0 Å². The zero-order valence-electron chi connectivity index (χ0n) is 15.2.